The van der Waals surface area contributed by atoms with Crippen LogP contribution < -0.4 is 10.9 Å². The van der Waals surface area contributed by atoms with Crippen LogP contribution in [0.5, 0.6) is 0 Å². The Bertz CT molecular complexity index is 861. The maximum absolute atomic E-state index is 13.3. The summed E-state index contributed by atoms with van der Waals surface area (Å²) in [6, 6.07) is 5.99. The zero-order chi connectivity index (χ0) is 19.0. The second-order valence-corrected chi connectivity index (χ2v) is 6.01. The Morgan fingerprint density at radius 2 is 1.84 bits per heavy atom. The van der Waals surface area contributed by atoms with Crippen LogP contribution in [0.2, 0.25) is 0 Å². The molecule has 0 aliphatic carbocycles. The summed E-state index contributed by atoms with van der Waals surface area (Å²) in [7, 11) is 1.34. The van der Waals surface area contributed by atoms with Gasteiger partial charge in [0.25, 0.3) is 11.5 Å². The van der Waals surface area contributed by atoms with E-state index >= 15 is 0 Å². The lowest BCUT2D eigenvalue weighted by molar-refractivity contribution is -0.281. The normalized spacial score (nSPS) is 14.6. The standard InChI is InChI=1S/C16H18F3N3O3/c1-9(2)15(25,16(17,18)19)8-22-14(24)11-7-5-4-6-10(11)12(21-22)13(23)20-3/h4-7,9,25H,8H2,1-3H3,(H,20,23). The van der Waals surface area contributed by atoms with Gasteiger partial charge in [0, 0.05) is 12.4 Å². The molecule has 0 aliphatic heterocycles. The minimum absolute atomic E-state index is 0.0457. The van der Waals surface area contributed by atoms with Crippen molar-refractivity contribution in [2.45, 2.75) is 32.2 Å². The van der Waals surface area contributed by atoms with Crippen molar-refractivity contribution in [2.24, 2.45) is 5.92 Å². The van der Waals surface area contributed by atoms with Crippen LogP contribution in [0.3, 0.4) is 0 Å². The third-order valence-electron chi connectivity index (χ3n) is 4.15. The number of nitrogens with one attached hydrogen (secondary N) is 1. The number of amides is 1. The van der Waals surface area contributed by atoms with Crippen molar-refractivity contribution in [3.8, 4) is 0 Å². The van der Waals surface area contributed by atoms with Gasteiger partial charge in [0.1, 0.15) is 0 Å². The Morgan fingerprint density at radius 1 is 1.28 bits per heavy atom. The first kappa shape index (κ1) is 18.9. The van der Waals surface area contributed by atoms with E-state index in [-0.39, 0.29) is 16.5 Å². The molecule has 1 aromatic heterocycles. The SMILES string of the molecule is CNC(=O)c1nn(CC(O)(C(C)C)C(F)(F)F)c(=O)c2ccccc12. The fourth-order valence-electron chi connectivity index (χ4n) is 2.46. The molecule has 0 saturated heterocycles. The van der Waals surface area contributed by atoms with Gasteiger partial charge in [-0.15, -0.1) is 0 Å². The number of hydrogen-bond donors (Lipinski definition) is 2. The van der Waals surface area contributed by atoms with Crippen LogP contribution in [0.25, 0.3) is 10.8 Å². The summed E-state index contributed by atoms with van der Waals surface area (Å²) in [4.78, 5) is 24.5. The van der Waals surface area contributed by atoms with E-state index in [1.165, 1.54) is 39.1 Å². The largest absolute Gasteiger partial charge is 0.419 e. The second-order valence-electron chi connectivity index (χ2n) is 6.01. The van der Waals surface area contributed by atoms with Gasteiger partial charge in [0.15, 0.2) is 11.3 Å². The van der Waals surface area contributed by atoms with Gasteiger partial charge in [0.2, 0.25) is 0 Å². The summed E-state index contributed by atoms with van der Waals surface area (Å²) in [5.74, 6) is -1.87. The molecule has 1 unspecified atom stereocenters. The van der Waals surface area contributed by atoms with E-state index < -0.39 is 35.7 Å². The Balaban J connectivity index is 2.72. The van der Waals surface area contributed by atoms with Crippen molar-refractivity contribution < 1.29 is 23.1 Å². The molecule has 0 saturated carbocycles. The maximum atomic E-state index is 13.3. The molecule has 0 bridgehead atoms. The maximum Gasteiger partial charge on any atom is 0.419 e. The summed E-state index contributed by atoms with van der Waals surface area (Å²) in [5.41, 5.74) is -4.16. The number of aliphatic hydroxyl groups is 1. The van der Waals surface area contributed by atoms with Crippen LogP contribution in [0, 0.1) is 5.92 Å². The number of rotatable bonds is 4. The fourth-order valence-corrected chi connectivity index (χ4v) is 2.46. The van der Waals surface area contributed by atoms with Crippen LogP contribution in [0.4, 0.5) is 13.2 Å². The van der Waals surface area contributed by atoms with Crippen LogP contribution in [0.15, 0.2) is 29.1 Å². The van der Waals surface area contributed by atoms with Crippen molar-refractivity contribution >= 4 is 16.7 Å². The minimum Gasteiger partial charge on any atom is -0.379 e. The van der Waals surface area contributed by atoms with Gasteiger partial charge in [0.05, 0.1) is 11.9 Å². The molecule has 1 aromatic carbocycles. The first-order valence-corrected chi connectivity index (χ1v) is 7.54. The summed E-state index contributed by atoms with van der Waals surface area (Å²) in [5, 5.41) is 16.5. The summed E-state index contributed by atoms with van der Waals surface area (Å²) >= 11 is 0. The molecule has 25 heavy (non-hydrogen) atoms. The minimum atomic E-state index is -4.97. The van der Waals surface area contributed by atoms with E-state index in [0.717, 1.165) is 0 Å². The Hall–Kier alpha value is -2.42. The molecule has 2 rings (SSSR count). The van der Waals surface area contributed by atoms with Gasteiger partial charge in [-0.2, -0.15) is 18.3 Å². The molecule has 0 fully saturated rings. The summed E-state index contributed by atoms with van der Waals surface area (Å²) in [6.45, 7) is 1.28. The zero-order valence-electron chi connectivity index (χ0n) is 13.9. The van der Waals surface area contributed by atoms with E-state index in [1.807, 2.05) is 0 Å². The Labute approximate surface area is 141 Å². The van der Waals surface area contributed by atoms with E-state index in [9.17, 15) is 27.9 Å². The topological polar surface area (TPSA) is 84.2 Å². The van der Waals surface area contributed by atoms with E-state index in [0.29, 0.717) is 4.68 Å². The van der Waals surface area contributed by atoms with Gasteiger partial charge >= 0.3 is 6.18 Å². The lowest BCUT2D eigenvalue weighted by atomic mass is 9.89. The number of alkyl halides is 3. The molecular weight excluding hydrogens is 339 g/mol. The zero-order valence-corrected chi connectivity index (χ0v) is 13.9. The number of halogens is 3. The molecule has 1 atom stereocenters. The van der Waals surface area contributed by atoms with Crippen LogP contribution in [-0.4, -0.2) is 39.6 Å². The van der Waals surface area contributed by atoms with Gasteiger partial charge in [-0.1, -0.05) is 32.0 Å². The monoisotopic (exact) mass is 357 g/mol. The predicted molar refractivity (Wildman–Crippen MR) is 85.2 cm³/mol. The van der Waals surface area contributed by atoms with Crippen LogP contribution in [0.1, 0.15) is 24.3 Å². The third kappa shape index (κ3) is 3.23. The molecular formula is C16H18F3N3O3. The van der Waals surface area contributed by atoms with Crippen molar-refractivity contribution in [2.75, 3.05) is 7.05 Å². The summed E-state index contributed by atoms with van der Waals surface area (Å²) < 4.78 is 40.5. The van der Waals surface area contributed by atoms with Crippen molar-refractivity contribution in [3.05, 3.63) is 40.3 Å². The first-order chi connectivity index (χ1) is 11.5. The van der Waals surface area contributed by atoms with Gasteiger partial charge in [-0.05, 0) is 12.0 Å². The quantitative estimate of drug-likeness (QED) is 0.872. The van der Waals surface area contributed by atoms with Crippen LogP contribution in [-0.2, 0) is 6.54 Å². The van der Waals surface area contributed by atoms with Gasteiger partial charge < -0.3 is 10.4 Å². The molecule has 0 spiro atoms. The summed E-state index contributed by atoms with van der Waals surface area (Å²) in [6.07, 6.45) is -4.97. The average molecular weight is 357 g/mol. The number of carbonyl (C=O) groups is 1. The lowest BCUT2D eigenvalue weighted by Gasteiger charge is -2.34. The molecule has 136 valence electrons. The predicted octanol–water partition coefficient (Wildman–Crippen LogP) is 1.71. The fraction of sp³-hybridized carbons (Fsp3) is 0.438. The van der Waals surface area contributed by atoms with Gasteiger partial charge in [-0.3, -0.25) is 9.59 Å². The highest BCUT2D eigenvalue weighted by molar-refractivity contribution is 6.04. The highest BCUT2D eigenvalue weighted by Gasteiger charge is 2.56. The molecule has 2 aromatic rings. The van der Waals surface area contributed by atoms with E-state index in [4.69, 9.17) is 0 Å². The molecule has 2 N–H and O–H groups in total. The number of hydrogen-bond acceptors (Lipinski definition) is 4. The van der Waals surface area contributed by atoms with Crippen molar-refractivity contribution in [1.29, 1.82) is 0 Å². The Kier molecular flexibility index (Phi) is 4.90. The molecule has 0 aliphatic rings. The van der Waals surface area contributed by atoms with E-state index in [1.54, 1.807) is 6.07 Å². The molecule has 0 radical (unpaired) electrons. The number of benzene rings is 1. The molecule has 9 heteroatoms. The highest BCUT2D eigenvalue weighted by atomic mass is 19.4. The smallest absolute Gasteiger partial charge is 0.379 e. The number of nitrogens with zero attached hydrogens (tertiary/aromatic N) is 2. The number of aromatic nitrogens is 2. The molecule has 1 heterocycles. The molecule has 1 amide bonds. The average Bonchev–Trinajstić information content (AvgIpc) is 2.55. The van der Waals surface area contributed by atoms with Gasteiger partial charge in [-0.25, -0.2) is 4.68 Å². The highest BCUT2D eigenvalue weighted by Crippen LogP contribution is 2.37. The second kappa shape index (κ2) is 6.47. The molecule has 6 nitrogen and oxygen atoms in total. The van der Waals surface area contributed by atoms with E-state index in [2.05, 4.69) is 10.4 Å². The number of carbonyl (C=O) groups excluding carboxylic acids is 1. The first-order valence-electron chi connectivity index (χ1n) is 7.54. The Morgan fingerprint density at radius 3 is 2.32 bits per heavy atom. The third-order valence-corrected chi connectivity index (χ3v) is 4.15. The van der Waals surface area contributed by atoms with Crippen molar-refractivity contribution in [3.63, 3.8) is 0 Å². The number of fused-ring (bicyclic) bond motifs is 1. The van der Waals surface area contributed by atoms with Crippen LogP contribution >= 0.6 is 0 Å². The van der Waals surface area contributed by atoms with Crippen molar-refractivity contribution in [1.82, 2.24) is 15.1 Å². The lowest BCUT2D eigenvalue weighted by Crippen LogP contribution is -2.54.